The van der Waals surface area contributed by atoms with Gasteiger partial charge in [-0.3, -0.25) is 9.48 Å². The lowest BCUT2D eigenvalue weighted by molar-refractivity contribution is 0.0698. The highest BCUT2D eigenvalue weighted by Crippen LogP contribution is 2.22. The first kappa shape index (κ1) is 14.1. The van der Waals surface area contributed by atoms with E-state index in [0.717, 1.165) is 25.3 Å². The average Bonchev–Trinajstić information content (AvgIpc) is 2.70. The maximum absolute atomic E-state index is 12.5. The quantitative estimate of drug-likeness (QED) is 0.828. The summed E-state index contributed by atoms with van der Waals surface area (Å²) < 4.78 is 1.70. The molecular weight excluding hydrogens is 240 g/mol. The molecule has 0 saturated carbocycles. The number of aryl methyl sites for hydroxylation is 1. The van der Waals surface area contributed by atoms with Crippen LogP contribution in [-0.2, 0) is 12.5 Å². The summed E-state index contributed by atoms with van der Waals surface area (Å²) in [6.45, 7) is 10.8. The van der Waals surface area contributed by atoms with E-state index in [0.29, 0.717) is 11.7 Å². The van der Waals surface area contributed by atoms with Crippen LogP contribution >= 0.6 is 0 Å². The van der Waals surface area contributed by atoms with Gasteiger partial charge in [0, 0.05) is 38.1 Å². The number of hydrogen-bond acceptors (Lipinski definition) is 3. The summed E-state index contributed by atoms with van der Waals surface area (Å²) in [5, 5.41) is 7.82. The van der Waals surface area contributed by atoms with Gasteiger partial charge < -0.3 is 10.2 Å². The van der Waals surface area contributed by atoms with Gasteiger partial charge >= 0.3 is 0 Å². The predicted molar refractivity (Wildman–Crippen MR) is 75.3 cm³/mol. The molecule has 0 aromatic carbocycles. The number of aromatic nitrogens is 2. The van der Waals surface area contributed by atoms with Crippen molar-refractivity contribution in [3.05, 3.63) is 17.5 Å². The first-order chi connectivity index (χ1) is 8.79. The minimum atomic E-state index is -0.0347. The fourth-order valence-electron chi connectivity index (χ4n) is 2.31. The maximum atomic E-state index is 12.5. The lowest BCUT2D eigenvalue weighted by Gasteiger charge is -2.31. The zero-order valence-electron chi connectivity index (χ0n) is 12.5. The maximum Gasteiger partial charge on any atom is 0.272 e. The third-order valence-corrected chi connectivity index (χ3v) is 3.52. The van der Waals surface area contributed by atoms with Crippen molar-refractivity contribution in [3.8, 4) is 0 Å². The second kappa shape index (κ2) is 4.96. The number of carbonyl (C=O) groups is 1. The van der Waals surface area contributed by atoms with E-state index in [2.05, 4.69) is 38.1 Å². The Balaban J connectivity index is 2.22. The average molecular weight is 264 g/mol. The Hall–Kier alpha value is -1.36. The molecule has 5 heteroatoms. The summed E-state index contributed by atoms with van der Waals surface area (Å²) in [4.78, 5) is 14.5. The summed E-state index contributed by atoms with van der Waals surface area (Å²) in [7, 11) is 1.84. The SMILES string of the molecule is CC1CN(C(=O)c2cc(C(C)(C)C)nn2C)CCN1. The van der Waals surface area contributed by atoms with Crippen LogP contribution in [0.3, 0.4) is 0 Å². The number of rotatable bonds is 1. The van der Waals surface area contributed by atoms with Crippen LogP contribution in [0.5, 0.6) is 0 Å². The fourth-order valence-corrected chi connectivity index (χ4v) is 2.31. The summed E-state index contributed by atoms with van der Waals surface area (Å²) in [5.74, 6) is 0.0823. The molecule has 1 aliphatic heterocycles. The first-order valence-corrected chi connectivity index (χ1v) is 6.86. The molecule has 1 aromatic rings. The third-order valence-electron chi connectivity index (χ3n) is 3.52. The van der Waals surface area contributed by atoms with Crippen molar-refractivity contribution in [2.24, 2.45) is 7.05 Å². The van der Waals surface area contributed by atoms with Crippen LogP contribution in [0.2, 0.25) is 0 Å². The van der Waals surface area contributed by atoms with Crippen molar-refractivity contribution in [3.63, 3.8) is 0 Å². The van der Waals surface area contributed by atoms with Crippen LogP contribution in [-0.4, -0.2) is 46.3 Å². The summed E-state index contributed by atoms with van der Waals surface area (Å²) in [6, 6.07) is 2.28. The largest absolute Gasteiger partial charge is 0.334 e. The minimum absolute atomic E-state index is 0.0347. The lowest BCUT2D eigenvalue weighted by Crippen LogP contribution is -2.51. The topological polar surface area (TPSA) is 50.2 Å². The van der Waals surface area contributed by atoms with E-state index in [-0.39, 0.29) is 11.3 Å². The van der Waals surface area contributed by atoms with Crippen LogP contribution in [0.4, 0.5) is 0 Å². The molecule has 1 amide bonds. The summed E-state index contributed by atoms with van der Waals surface area (Å²) in [6.07, 6.45) is 0. The summed E-state index contributed by atoms with van der Waals surface area (Å²) >= 11 is 0. The van der Waals surface area contributed by atoms with E-state index in [1.54, 1.807) is 4.68 Å². The van der Waals surface area contributed by atoms with Gasteiger partial charge in [0.1, 0.15) is 5.69 Å². The minimum Gasteiger partial charge on any atom is -0.334 e. The van der Waals surface area contributed by atoms with E-state index >= 15 is 0 Å². The van der Waals surface area contributed by atoms with Crippen molar-refractivity contribution in [2.75, 3.05) is 19.6 Å². The number of piperazine rings is 1. The van der Waals surface area contributed by atoms with Crippen LogP contribution < -0.4 is 5.32 Å². The molecule has 1 aliphatic rings. The van der Waals surface area contributed by atoms with Crippen molar-refractivity contribution in [1.29, 1.82) is 0 Å². The zero-order valence-corrected chi connectivity index (χ0v) is 12.5. The van der Waals surface area contributed by atoms with Crippen molar-refractivity contribution < 1.29 is 4.79 Å². The molecule has 1 fully saturated rings. The molecule has 0 spiro atoms. The number of carbonyl (C=O) groups excluding carboxylic acids is 1. The molecule has 106 valence electrons. The molecule has 1 aromatic heterocycles. The molecule has 5 nitrogen and oxygen atoms in total. The van der Waals surface area contributed by atoms with Crippen LogP contribution in [0, 0.1) is 0 Å². The number of hydrogen-bond donors (Lipinski definition) is 1. The van der Waals surface area contributed by atoms with Gasteiger partial charge in [-0.25, -0.2) is 0 Å². The van der Waals surface area contributed by atoms with Crippen LogP contribution in [0.25, 0.3) is 0 Å². The smallest absolute Gasteiger partial charge is 0.272 e. The monoisotopic (exact) mass is 264 g/mol. The standard InChI is InChI=1S/C14H24N4O/c1-10-9-18(7-6-15-10)13(19)11-8-12(14(2,3)4)16-17(11)5/h8,10,15H,6-7,9H2,1-5H3. The molecule has 1 atom stereocenters. The number of nitrogens with zero attached hydrogens (tertiary/aromatic N) is 3. The predicted octanol–water partition coefficient (Wildman–Crippen LogP) is 1.15. The highest BCUT2D eigenvalue weighted by atomic mass is 16.2. The molecule has 2 rings (SSSR count). The second-order valence-corrected chi connectivity index (χ2v) is 6.39. The number of amides is 1. The van der Waals surface area contributed by atoms with Gasteiger partial charge in [-0.2, -0.15) is 5.10 Å². The Kier molecular flexibility index (Phi) is 3.67. The molecule has 0 bridgehead atoms. The molecule has 2 heterocycles. The number of nitrogens with one attached hydrogen (secondary N) is 1. The van der Waals surface area contributed by atoms with Gasteiger partial charge in [0.2, 0.25) is 0 Å². The molecule has 1 saturated heterocycles. The van der Waals surface area contributed by atoms with Gasteiger partial charge in [0.25, 0.3) is 5.91 Å². The van der Waals surface area contributed by atoms with Gasteiger partial charge in [0.15, 0.2) is 0 Å². The van der Waals surface area contributed by atoms with E-state index in [4.69, 9.17) is 0 Å². The summed E-state index contributed by atoms with van der Waals surface area (Å²) in [5.41, 5.74) is 1.60. The van der Waals surface area contributed by atoms with Crippen molar-refractivity contribution >= 4 is 5.91 Å². The second-order valence-electron chi connectivity index (χ2n) is 6.39. The van der Waals surface area contributed by atoms with Gasteiger partial charge in [-0.15, -0.1) is 0 Å². The third kappa shape index (κ3) is 2.97. The molecule has 0 radical (unpaired) electrons. The Morgan fingerprint density at radius 3 is 2.68 bits per heavy atom. The lowest BCUT2D eigenvalue weighted by atomic mass is 9.92. The van der Waals surface area contributed by atoms with Crippen molar-refractivity contribution in [2.45, 2.75) is 39.2 Å². The van der Waals surface area contributed by atoms with E-state index in [1.807, 2.05) is 18.0 Å². The molecule has 0 aliphatic carbocycles. The fraction of sp³-hybridized carbons (Fsp3) is 0.714. The van der Waals surface area contributed by atoms with E-state index in [1.165, 1.54) is 0 Å². The Labute approximate surface area is 115 Å². The molecule has 1 N–H and O–H groups in total. The Morgan fingerprint density at radius 1 is 1.47 bits per heavy atom. The first-order valence-electron chi connectivity index (χ1n) is 6.86. The van der Waals surface area contributed by atoms with Gasteiger partial charge in [0.05, 0.1) is 5.69 Å². The van der Waals surface area contributed by atoms with E-state index < -0.39 is 0 Å². The highest BCUT2D eigenvalue weighted by molar-refractivity contribution is 5.92. The van der Waals surface area contributed by atoms with Crippen LogP contribution in [0.1, 0.15) is 43.9 Å². The van der Waals surface area contributed by atoms with Gasteiger partial charge in [-0.05, 0) is 13.0 Å². The molecule has 1 unspecified atom stereocenters. The van der Waals surface area contributed by atoms with Crippen LogP contribution in [0.15, 0.2) is 6.07 Å². The van der Waals surface area contributed by atoms with E-state index in [9.17, 15) is 4.79 Å². The Bertz CT molecular complexity index is 472. The highest BCUT2D eigenvalue weighted by Gasteiger charge is 2.26. The molecule has 19 heavy (non-hydrogen) atoms. The van der Waals surface area contributed by atoms with Crippen molar-refractivity contribution in [1.82, 2.24) is 20.0 Å². The molecular formula is C14H24N4O. The van der Waals surface area contributed by atoms with Gasteiger partial charge in [-0.1, -0.05) is 20.8 Å². The Morgan fingerprint density at radius 2 is 2.16 bits per heavy atom. The zero-order chi connectivity index (χ0) is 14.2. The normalized spacial score (nSPS) is 20.7.